The van der Waals surface area contributed by atoms with E-state index in [4.69, 9.17) is 17.4 Å². The number of methoxy groups -OCH3 is 1. The summed E-state index contributed by atoms with van der Waals surface area (Å²) in [6.45, 7) is 0. The highest BCUT2D eigenvalue weighted by Crippen LogP contribution is 2.18. The van der Waals surface area contributed by atoms with Gasteiger partial charge >= 0.3 is 0 Å². The lowest BCUT2D eigenvalue weighted by atomic mass is 10.2. The zero-order chi connectivity index (χ0) is 7.40. The van der Waals surface area contributed by atoms with E-state index in [0.717, 1.165) is 11.3 Å². The fourth-order valence-electron chi connectivity index (χ4n) is 0.822. The van der Waals surface area contributed by atoms with Gasteiger partial charge in [-0.25, -0.2) is 0 Å². The summed E-state index contributed by atoms with van der Waals surface area (Å²) in [6, 6.07) is 7.80. The zero-order valence-corrected chi connectivity index (χ0v) is 6.65. The molecule has 0 saturated heterocycles. The third-order valence-electron chi connectivity index (χ3n) is 1.35. The van der Waals surface area contributed by atoms with Gasteiger partial charge in [-0.1, -0.05) is 30.8 Å². The first-order chi connectivity index (χ1) is 4.88. The summed E-state index contributed by atoms with van der Waals surface area (Å²) in [7, 11) is 1.66. The SMILES string of the molecule is COc1ccccc1C[S]. The molecule has 0 aliphatic rings. The average molecular weight is 153 g/mol. The highest BCUT2D eigenvalue weighted by molar-refractivity contribution is 7.79. The lowest BCUT2D eigenvalue weighted by Crippen LogP contribution is -1.87. The van der Waals surface area contributed by atoms with Crippen LogP contribution in [-0.4, -0.2) is 7.11 Å². The summed E-state index contributed by atoms with van der Waals surface area (Å²) in [5.74, 6) is 1.50. The molecule has 0 atom stereocenters. The molecule has 2 heteroatoms. The van der Waals surface area contributed by atoms with Crippen LogP contribution in [0.5, 0.6) is 5.75 Å². The molecule has 0 N–H and O–H groups in total. The second-order valence-corrected chi connectivity index (χ2v) is 2.24. The quantitative estimate of drug-likeness (QED) is 0.634. The van der Waals surface area contributed by atoms with E-state index in [1.165, 1.54) is 0 Å². The molecule has 53 valence electrons. The highest BCUT2D eigenvalue weighted by Gasteiger charge is 1.96. The number of ether oxygens (including phenoxy) is 1. The number of hydrogen-bond donors (Lipinski definition) is 0. The van der Waals surface area contributed by atoms with Crippen LogP contribution in [0.25, 0.3) is 0 Å². The normalized spacial score (nSPS) is 9.40. The Bertz CT molecular complexity index is 187. The molecule has 1 aromatic carbocycles. The van der Waals surface area contributed by atoms with E-state index >= 15 is 0 Å². The maximum Gasteiger partial charge on any atom is 0.122 e. The first-order valence-corrected chi connectivity index (χ1v) is 3.66. The Morgan fingerprint density at radius 2 is 2.10 bits per heavy atom. The molecule has 0 bridgehead atoms. The fraction of sp³-hybridized carbons (Fsp3) is 0.250. The van der Waals surface area contributed by atoms with Crippen molar-refractivity contribution >= 4 is 12.6 Å². The minimum atomic E-state index is 0.615. The minimum Gasteiger partial charge on any atom is -0.496 e. The van der Waals surface area contributed by atoms with Crippen LogP contribution in [0, 0.1) is 0 Å². The van der Waals surface area contributed by atoms with E-state index in [-0.39, 0.29) is 0 Å². The highest BCUT2D eigenvalue weighted by atomic mass is 32.1. The molecule has 0 aliphatic heterocycles. The molecular formula is C8H9OS. The predicted molar refractivity (Wildman–Crippen MR) is 44.3 cm³/mol. The van der Waals surface area contributed by atoms with Crippen LogP contribution in [0.3, 0.4) is 0 Å². The molecule has 1 nitrogen and oxygen atoms in total. The lowest BCUT2D eigenvalue weighted by molar-refractivity contribution is 0.411. The van der Waals surface area contributed by atoms with Crippen LogP contribution < -0.4 is 4.74 Å². The maximum atomic E-state index is 5.07. The van der Waals surface area contributed by atoms with Gasteiger partial charge in [0.15, 0.2) is 0 Å². The van der Waals surface area contributed by atoms with Gasteiger partial charge in [0, 0.05) is 11.3 Å². The van der Waals surface area contributed by atoms with E-state index in [1.54, 1.807) is 7.11 Å². The van der Waals surface area contributed by atoms with Crippen molar-refractivity contribution in [3.63, 3.8) is 0 Å². The lowest BCUT2D eigenvalue weighted by Gasteiger charge is -2.03. The van der Waals surface area contributed by atoms with E-state index in [0.29, 0.717) is 5.75 Å². The molecule has 0 fully saturated rings. The Balaban J connectivity index is 2.96. The van der Waals surface area contributed by atoms with Crippen molar-refractivity contribution in [1.29, 1.82) is 0 Å². The summed E-state index contributed by atoms with van der Waals surface area (Å²) in [6.07, 6.45) is 0. The monoisotopic (exact) mass is 153 g/mol. The van der Waals surface area contributed by atoms with Crippen molar-refractivity contribution in [2.75, 3.05) is 7.11 Å². The smallest absolute Gasteiger partial charge is 0.122 e. The largest absolute Gasteiger partial charge is 0.496 e. The van der Waals surface area contributed by atoms with E-state index in [9.17, 15) is 0 Å². The molecular weight excluding hydrogens is 144 g/mol. The van der Waals surface area contributed by atoms with Crippen LogP contribution >= 0.6 is 12.6 Å². The summed E-state index contributed by atoms with van der Waals surface area (Å²) in [5.41, 5.74) is 1.08. The van der Waals surface area contributed by atoms with E-state index in [1.807, 2.05) is 24.3 Å². The summed E-state index contributed by atoms with van der Waals surface area (Å²) in [5, 5.41) is 0. The van der Waals surface area contributed by atoms with Crippen LogP contribution in [-0.2, 0) is 5.75 Å². The van der Waals surface area contributed by atoms with Crippen molar-refractivity contribution in [3.05, 3.63) is 29.8 Å². The third-order valence-corrected chi connectivity index (χ3v) is 1.66. The topological polar surface area (TPSA) is 9.23 Å². The zero-order valence-electron chi connectivity index (χ0n) is 5.83. The van der Waals surface area contributed by atoms with Crippen LogP contribution in [0.4, 0.5) is 0 Å². The predicted octanol–water partition coefficient (Wildman–Crippen LogP) is 2.39. The van der Waals surface area contributed by atoms with Gasteiger partial charge in [0.1, 0.15) is 5.75 Å². The van der Waals surface area contributed by atoms with Crippen molar-refractivity contribution in [3.8, 4) is 5.75 Å². The Morgan fingerprint density at radius 1 is 1.40 bits per heavy atom. The molecule has 0 aliphatic carbocycles. The van der Waals surface area contributed by atoms with Crippen molar-refractivity contribution in [2.24, 2.45) is 0 Å². The van der Waals surface area contributed by atoms with Gasteiger partial charge < -0.3 is 4.74 Å². The molecule has 0 aromatic heterocycles. The number of benzene rings is 1. The molecule has 0 unspecified atom stereocenters. The standard InChI is InChI=1S/C8H9OS/c1-9-8-5-3-2-4-7(8)6-10/h2-5H,6H2,1H3. The van der Waals surface area contributed by atoms with Crippen LogP contribution in [0.15, 0.2) is 24.3 Å². The third kappa shape index (κ3) is 1.45. The van der Waals surface area contributed by atoms with Gasteiger partial charge in [-0.05, 0) is 6.07 Å². The molecule has 1 radical (unpaired) electrons. The van der Waals surface area contributed by atoms with Gasteiger partial charge in [0.05, 0.1) is 7.11 Å². The second-order valence-electron chi connectivity index (χ2n) is 1.96. The van der Waals surface area contributed by atoms with Gasteiger partial charge in [0.2, 0.25) is 0 Å². The molecule has 0 saturated carbocycles. The Kier molecular flexibility index (Phi) is 2.63. The Hall–Kier alpha value is -0.630. The molecule has 0 spiro atoms. The van der Waals surface area contributed by atoms with Crippen molar-refractivity contribution < 1.29 is 4.74 Å². The first kappa shape index (κ1) is 7.48. The summed E-state index contributed by atoms with van der Waals surface area (Å²) in [4.78, 5) is 0. The Morgan fingerprint density at radius 3 is 2.60 bits per heavy atom. The average Bonchev–Trinajstić information content (AvgIpc) is 2.04. The van der Waals surface area contributed by atoms with Crippen LogP contribution in [0.1, 0.15) is 5.56 Å². The van der Waals surface area contributed by atoms with Crippen molar-refractivity contribution in [1.82, 2.24) is 0 Å². The number of rotatable bonds is 2. The second kappa shape index (κ2) is 3.52. The van der Waals surface area contributed by atoms with E-state index in [2.05, 4.69) is 0 Å². The molecule has 0 heterocycles. The minimum absolute atomic E-state index is 0.615. The molecule has 1 rings (SSSR count). The summed E-state index contributed by atoms with van der Waals surface area (Å²) >= 11 is 4.89. The van der Waals surface area contributed by atoms with Crippen LogP contribution in [0.2, 0.25) is 0 Å². The molecule has 1 aromatic rings. The Labute approximate surface area is 66.4 Å². The van der Waals surface area contributed by atoms with Gasteiger partial charge in [-0.2, -0.15) is 0 Å². The number of hydrogen-bond acceptors (Lipinski definition) is 1. The fourth-order valence-corrected chi connectivity index (χ4v) is 1.06. The number of para-hydroxylation sites is 1. The van der Waals surface area contributed by atoms with Gasteiger partial charge in [-0.3, -0.25) is 0 Å². The summed E-state index contributed by atoms with van der Waals surface area (Å²) < 4.78 is 5.07. The molecule has 0 amide bonds. The van der Waals surface area contributed by atoms with E-state index < -0.39 is 0 Å². The van der Waals surface area contributed by atoms with Gasteiger partial charge in [0.25, 0.3) is 0 Å². The van der Waals surface area contributed by atoms with Gasteiger partial charge in [-0.15, -0.1) is 0 Å². The van der Waals surface area contributed by atoms with Crippen molar-refractivity contribution in [2.45, 2.75) is 5.75 Å². The maximum absolute atomic E-state index is 5.07. The molecule has 10 heavy (non-hydrogen) atoms. The first-order valence-electron chi connectivity index (χ1n) is 3.08.